The molecule has 0 radical (unpaired) electrons. The topological polar surface area (TPSA) is 12.0 Å². The lowest BCUT2D eigenvalue weighted by Crippen LogP contribution is -2.26. The molecule has 0 spiro atoms. The van der Waals surface area contributed by atoms with E-state index in [2.05, 4.69) is 55.6 Å². The Morgan fingerprint density at radius 3 is 2.19 bits per heavy atom. The second-order valence-electron chi connectivity index (χ2n) is 6.16. The molecule has 2 aromatic carbocycles. The smallest absolute Gasteiger partial charge is 0.0456 e. The van der Waals surface area contributed by atoms with Crippen LogP contribution in [0.3, 0.4) is 0 Å². The molecule has 0 saturated carbocycles. The van der Waals surface area contributed by atoms with Gasteiger partial charge in [-0.15, -0.1) is 0 Å². The van der Waals surface area contributed by atoms with Crippen LogP contribution in [0.25, 0.3) is 0 Å². The van der Waals surface area contributed by atoms with E-state index in [0.717, 1.165) is 17.9 Å². The summed E-state index contributed by atoms with van der Waals surface area (Å²) in [5.74, 6) is 0.576. The van der Waals surface area contributed by atoms with Gasteiger partial charge in [-0.25, -0.2) is 0 Å². The van der Waals surface area contributed by atoms with Gasteiger partial charge in [0.15, 0.2) is 0 Å². The molecule has 1 unspecified atom stereocenters. The van der Waals surface area contributed by atoms with Gasteiger partial charge in [0.2, 0.25) is 0 Å². The van der Waals surface area contributed by atoms with Crippen LogP contribution in [0.1, 0.15) is 33.9 Å². The fourth-order valence-corrected chi connectivity index (χ4v) is 3.85. The summed E-state index contributed by atoms with van der Waals surface area (Å²) >= 11 is 6.52. The van der Waals surface area contributed by atoms with E-state index in [1.165, 1.54) is 27.8 Å². The quantitative estimate of drug-likeness (QED) is 0.871. The fraction of sp³-hybridized carbons (Fsp3) is 0.368. The molecule has 1 N–H and O–H groups in total. The second-order valence-corrected chi connectivity index (χ2v) is 6.57. The molecule has 0 bridgehead atoms. The first-order valence-corrected chi connectivity index (χ1v) is 7.98. The molecular weight excluding hydrogens is 278 g/mol. The molecule has 0 aliphatic heterocycles. The minimum Gasteiger partial charge on any atom is -0.313 e. The van der Waals surface area contributed by atoms with Crippen molar-refractivity contribution in [3.8, 4) is 0 Å². The zero-order valence-corrected chi connectivity index (χ0v) is 13.7. The highest BCUT2D eigenvalue weighted by Gasteiger charge is 2.29. The number of fused-ring (bicyclic) bond motifs is 1. The number of benzene rings is 2. The van der Waals surface area contributed by atoms with Crippen LogP contribution < -0.4 is 5.32 Å². The maximum absolute atomic E-state index is 6.52. The number of nitrogens with one attached hydrogen (secondary N) is 1. The molecule has 1 aliphatic rings. The van der Waals surface area contributed by atoms with Crippen LogP contribution in [0.5, 0.6) is 0 Å². The first-order chi connectivity index (χ1) is 10.1. The SMILES string of the molecule is CNC(c1cc(C)c(C)cc1Cl)C1Cc2ccccc2C1. The van der Waals surface area contributed by atoms with Crippen molar-refractivity contribution >= 4 is 11.6 Å². The van der Waals surface area contributed by atoms with Crippen molar-refractivity contribution in [2.75, 3.05) is 7.05 Å². The zero-order valence-electron chi connectivity index (χ0n) is 12.9. The Balaban J connectivity index is 1.92. The monoisotopic (exact) mass is 299 g/mol. The van der Waals surface area contributed by atoms with E-state index in [1.807, 2.05) is 7.05 Å². The average molecular weight is 300 g/mol. The van der Waals surface area contributed by atoms with E-state index in [0.29, 0.717) is 12.0 Å². The molecule has 0 fully saturated rings. The van der Waals surface area contributed by atoms with Crippen molar-refractivity contribution in [2.24, 2.45) is 5.92 Å². The molecule has 0 aromatic heterocycles. The Hall–Kier alpha value is -1.31. The highest BCUT2D eigenvalue weighted by Crippen LogP contribution is 2.38. The molecule has 0 saturated heterocycles. The van der Waals surface area contributed by atoms with Gasteiger partial charge < -0.3 is 5.32 Å². The summed E-state index contributed by atoms with van der Waals surface area (Å²) in [5, 5.41) is 4.38. The van der Waals surface area contributed by atoms with Crippen LogP contribution in [-0.4, -0.2) is 7.05 Å². The Morgan fingerprint density at radius 1 is 1.05 bits per heavy atom. The van der Waals surface area contributed by atoms with Gasteiger partial charge in [-0.1, -0.05) is 41.9 Å². The van der Waals surface area contributed by atoms with Gasteiger partial charge in [-0.05, 0) is 73.5 Å². The molecular formula is C19H22ClN. The Labute approximate surface area is 132 Å². The van der Waals surface area contributed by atoms with Crippen molar-refractivity contribution in [3.05, 3.63) is 69.2 Å². The first-order valence-electron chi connectivity index (χ1n) is 7.61. The van der Waals surface area contributed by atoms with Crippen LogP contribution in [0.2, 0.25) is 5.02 Å². The van der Waals surface area contributed by atoms with Gasteiger partial charge in [0.05, 0.1) is 0 Å². The Kier molecular flexibility index (Phi) is 4.05. The maximum Gasteiger partial charge on any atom is 0.0456 e. The predicted octanol–water partition coefficient (Wildman–Crippen LogP) is 4.63. The zero-order chi connectivity index (χ0) is 15.0. The van der Waals surface area contributed by atoms with Gasteiger partial charge >= 0.3 is 0 Å². The molecule has 2 aromatic rings. The number of hydrogen-bond acceptors (Lipinski definition) is 1. The van der Waals surface area contributed by atoms with Crippen LogP contribution in [0.15, 0.2) is 36.4 Å². The lowest BCUT2D eigenvalue weighted by atomic mass is 9.89. The average Bonchev–Trinajstić information content (AvgIpc) is 2.88. The summed E-state index contributed by atoms with van der Waals surface area (Å²) in [6.07, 6.45) is 2.26. The van der Waals surface area contributed by atoms with Crippen LogP contribution in [-0.2, 0) is 12.8 Å². The Morgan fingerprint density at radius 2 is 1.62 bits per heavy atom. The van der Waals surface area contributed by atoms with Gasteiger partial charge in [0.25, 0.3) is 0 Å². The van der Waals surface area contributed by atoms with Crippen molar-refractivity contribution < 1.29 is 0 Å². The number of rotatable bonds is 3. The van der Waals surface area contributed by atoms with Gasteiger partial charge in [0, 0.05) is 11.1 Å². The van der Waals surface area contributed by atoms with Gasteiger partial charge in [0.1, 0.15) is 0 Å². The van der Waals surface area contributed by atoms with Crippen LogP contribution >= 0.6 is 11.6 Å². The van der Waals surface area contributed by atoms with Gasteiger partial charge in [-0.3, -0.25) is 0 Å². The maximum atomic E-state index is 6.52. The van der Waals surface area contributed by atoms with E-state index in [4.69, 9.17) is 11.6 Å². The normalized spacial score (nSPS) is 16.0. The van der Waals surface area contributed by atoms with E-state index in [-0.39, 0.29) is 0 Å². The molecule has 0 amide bonds. The molecule has 0 heterocycles. The summed E-state index contributed by atoms with van der Waals surface area (Å²) in [5.41, 5.74) is 6.78. The lowest BCUT2D eigenvalue weighted by molar-refractivity contribution is 0.397. The van der Waals surface area contributed by atoms with Crippen molar-refractivity contribution in [3.63, 3.8) is 0 Å². The molecule has 2 heteroatoms. The number of halogens is 1. The van der Waals surface area contributed by atoms with E-state index < -0.39 is 0 Å². The third-order valence-electron chi connectivity index (χ3n) is 4.81. The van der Waals surface area contributed by atoms with Crippen LogP contribution in [0.4, 0.5) is 0 Å². The summed E-state index contributed by atoms with van der Waals surface area (Å²) in [4.78, 5) is 0. The number of hydrogen-bond donors (Lipinski definition) is 1. The van der Waals surface area contributed by atoms with Crippen molar-refractivity contribution in [1.82, 2.24) is 5.32 Å². The number of aryl methyl sites for hydroxylation is 2. The molecule has 1 nitrogen and oxygen atoms in total. The van der Waals surface area contributed by atoms with Crippen molar-refractivity contribution in [1.29, 1.82) is 0 Å². The highest BCUT2D eigenvalue weighted by atomic mass is 35.5. The Bertz CT molecular complexity index is 638. The van der Waals surface area contributed by atoms with E-state index in [1.54, 1.807) is 0 Å². The lowest BCUT2D eigenvalue weighted by Gasteiger charge is -2.25. The standard InChI is InChI=1S/C19H22ClN/c1-12-8-17(18(20)9-13(12)2)19(21-3)16-10-14-6-4-5-7-15(14)11-16/h4-9,16,19,21H,10-11H2,1-3H3. The predicted molar refractivity (Wildman–Crippen MR) is 90.1 cm³/mol. The van der Waals surface area contributed by atoms with Crippen molar-refractivity contribution in [2.45, 2.75) is 32.7 Å². The molecule has 1 aliphatic carbocycles. The fourth-order valence-electron chi connectivity index (χ4n) is 3.52. The largest absolute Gasteiger partial charge is 0.313 e. The summed E-state index contributed by atoms with van der Waals surface area (Å²) in [6, 6.07) is 13.4. The molecule has 3 rings (SSSR count). The molecule has 21 heavy (non-hydrogen) atoms. The summed E-state index contributed by atoms with van der Waals surface area (Å²) in [7, 11) is 2.04. The van der Waals surface area contributed by atoms with E-state index >= 15 is 0 Å². The summed E-state index contributed by atoms with van der Waals surface area (Å²) < 4.78 is 0. The first kappa shape index (κ1) is 14.6. The minimum atomic E-state index is 0.309. The second kappa shape index (κ2) is 5.82. The molecule has 110 valence electrons. The minimum absolute atomic E-state index is 0.309. The van der Waals surface area contributed by atoms with Crippen LogP contribution in [0, 0.1) is 19.8 Å². The molecule has 1 atom stereocenters. The highest BCUT2D eigenvalue weighted by molar-refractivity contribution is 6.31. The third-order valence-corrected chi connectivity index (χ3v) is 5.14. The van der Waals surface area contributed by atoms with Gasteiger partial charge in [-0.2, -0.15) is 0 Å². The summed E-state index contributed by atoms with van der Waals surface area (Å²) in [6.45, 7) is 4.27. The van der Waals surface area contributed by atoms with E-state index in [9.17, 15) is 0 Å². The third kappa shape index (κ3) is 2.73.